The van der Waals surface area contributed by atoms with Gasteiger partial charge in [-0.1, -0.05) is 24.3 Å². The number of rotatable bonds is 4. The van der Waals surface area contributed by atoms with Gasteiger partial charge in [-0.3, -0.25) is 14.8 Å². The van der Waals surface area contributed by atoms with Crippen molar-refractivity contribution >= 4 is 0 Å². The highest BCUT2D eigenvalue weighted by molar-refractivity contribution is 5.30. The molecule has 0 amide bonds. The molecule has 0 aliphatic carbocycles. The fourth-order valence-corrected chi connectivity index (χ4v) is 3.94. The molecule has 1 atom stereocenters. The van der Waals surface area contributed by atoms with Gasteiger partial charge >= 0.3 is 0 Å². The van der Waals surface area contributed by atoms with Crippen molar-refractivity contribution in [1.82, 2.24) is 20.1 Å². The van der Waals surface area contributed by atoms with Crippen LogP contribution in [0.3, 0.4) is 0 Å². The molecule has 1 fully saturated rings. The van der Waals surface area contributed by atoms with Crippen LogP contribution < -0.4 is 5.32 Å². The first kappa shape index (κ1) is 15.8. The molecule has 1 aromatic heterocycles. The average molecular weight is 322 g/mol. The van der Waals surface area contributed by atoms with E-state index in [0.29, 0.717) is 6.04 Å². The lowest BCUT2D eigenvalue weighted by atomic mass is 9.96. The van der Waals surface area contributed by atoms with Gasteiger partial charge in [-0.05, 0) is 35.2 Å². The summed E-state index contributed by atoms with van der Waals surface area (Å²) in [6.45, 7) is 7.79. The fraction of sp³-hybridized carbons (Fsp3) is 0.450. The van der Waals surface area contributed by atoms with E-state index < -0.39 is 0 Å². The van der Waals surface area contributed by atoms with Crippen molar-refractivity contribution in [2.24, 2.45) is 0 Å². The number of benzene rings is 1. The SMILES string of the molecule is c1ccc2c(c1)CCN(C(CN1CCNCC1)c1ccncc1)C2. The molecule has 1 N–H and O–H groups in total. The van der Waals surface area contributed by atoms with Crippen LogP contribution in [-0.2, 0) is 13.0 Å². The number of aromatic nitrogens is 1. The Morgan fingerprint density at radius 1 is 0.958 bits per heavy atom. The minimum absolute atomic E-state index is 0.444. The minimum atomic E-state index is 0.444. The molecule has 0 spiro atoms. The monoisotopic (exact) mass is 322 g/mol. The molecule has 2 aliphatic heterocycles. The molecular formula is C20H26N4. The van der Waals surface area contributed by atoms with Crippen LogP contribution in [0, 0.1) is 0 Å². The first-order chi connectivity index (χ1) is 11.9. The van der Waals surface area contributed by atoms with Gasteiger partial charge in [-0.25, -0.2) is 0 Å². The predicted octanol–water partition coefficient (Wildman–Crippen LogP) is 2.09. The van der Waals surface area contributed by atoms with E-state index in [9.17, 15) is 0 Å². The molecule has 24 heavy (non-hydrogen) atoms. The summed E-state index contributed by atoms with van der Waals surface area (Å²) in [5, 5.41) is 3.46. The Bertz CT molecular complexity index is 652. The van der Waals surface area contributed by atoms with Crippen molar-refractivity contribution in [3.63, 3.8) is 0 Å². The Kier molecular flexibility index (Phi) is 4.88. The number of hydrogen-bond donors (Lipinski definition) is 1. The Morgan fingerprint density at radius 3 is 2.50 bits per heavy atom. The van der Waals surface area contributed by atoms with Gasteiger partial charge < -0.3 is 5.32 Å². The molecule has 126 valence electrons. The van der Waals surface area contributed by atoms with Gasteiger partial charge in [0, 0.05) is 64.2 Å². The molecule has 3 heterocycles. The van der Waals surface area contributed by atoms with E-state index in [2.05, 4.69) is 56.5 Å². The zero-order valence-corrected chi connectivity index (χ0v) is 14.2. The largest absolute Gasteiger partial charge is 0.314 e. The van der Waals surface area contributed by atoms with Gasteiger partial charge in [0.05, 0.1) is 0 Å². The highest BCUT2D eigenvalue weighted by atomic mass is 15.2. The lowest BCUT2D eigenvalue weighted by Crippen LogP contribution is -2.48. The Labute approximate surface area is 144 Å². The van der Waals surface area contributed by atoms with Crippen molar-refractivity contribution in [2.75, 3.05) is 39.3 Å². The van der Waals surface area contributed by atoms with Crippen LogP contribution in [0.15, 0.2) is 48.8 Å². The van der Waals surface area contributed by atoms with Gasteiger partial charge in [-0.15, -0.1) is 0 Å². The standard InChI is InChI=1S/C20H26N4/c1-2-4-19-15-24(12-7-17(19)3-1)20(18-5-8-21-9-6-18)16-23-13-10-22-11-14-23/h1-6,8-9,20,22H,7,10-16H2. The molecule has 1 aromatic carbocycles. The predicted molar refractivity (Wildman–Crippen MR) is 96.8 cm³/mol. The Balaban J connectivity index is 1.56. The minimum Gasteiger partial charge on any atom is -0.314 e. The summed E-state index contributed by atoms with van der Waals surface area (Å²) in [5.41, 5.74) is 4.40. The van der Waals surface area contributed by atoms with E-state index in [4.69, 9.17) is 0 Å². The van der Waals surface area contributed by atoms with Gasteiger partial charge in [0.25, 0.3) is 0 Å². The highest BCUT2D eigenvalue weighted by Gasteiger charge is 2.27. The lowest BCUT2D eigenvalue weighted by molar-refractivity contribution is 0.118. The van der Waals surface area contributed by atoms with Crippen LogP contribution in [0.2, 0.25) is 0 Å². The Morgan fingerprint density at radius 2 is 1.71 bits per heavy atom. The number of nitrogens with zero attached hydrogens (tertiary/aromatic N) is 3. The summed E-state index contributed by atoms with van der Waals surface area (Å²) >= 11 is 0. The maximum atomic E-state index is 4.21. The number of pyridine rings is 1. The number of nitrogens with one attached hydrogen (secondary N) is 1. The molecule has 0 saturated carbocycles. The lowest BCUT2D eigenvalue weighted by Gasteiger charge is -2.39. The maximum absolute atomic E-state index is 4.21. The van der Waals surface area contributed by atoms with Crippen molar-refractivity contribution < 1.29 is 0 Å². The quantitative estimate of drug-likeness (QED) is 0.934. The van der Waals surface area contributed by atoms with E-state index in [-0.39, 0.29) is 0 Å². The normalized spacial score (nSPS) is 20.5. The van der Waals surface area contributed by atoms with Crippen LogP contribution in [0.4, 0.5) is 0 Å². The molecule has 2 aliphatic rings. The zero-order valence-electron chi connectivity index (χ0n) is 14.2. The first-order valence-corrected chi connectivity index (χ1v) is 9.04. The van der Waals surface area contributed by atoms with E-state index >= 15 is 0 Å². The number of piperazine rings is 1. The van der Waals surface area contributed by atoms with Gasteiger partial charge in [-0.2, -0.15) is 0 Å². The van der Waals surface area contributed by atoms with E-state index in [1.807, 2.05) is 12.4 Å². The number of hydrogen-bond acceptors (Lipinski definition) is 4. The zero-order chi connectivity index (χ0) is 16.2. The van der Waals surface area contributed by atoms with Crippen LogP contribution >= 0.6 is 0 Å². The molecule has 1 unspecified atom stereocenters. The molecule has 4 nitrogen and oxygen atoms in total. The second kappa shape index (κ2) is 7.43. The van der Waals surface area contributed by atoms with Crippen molar-refractivity contribution in [1.29, 1.82) is 0 Å². The van der Waals surface area contributed by atoms with Crippen molar-refractivity contribution in [3.8, 4) is 0 Å². The summed E-state index contributed by atoms with van der Waals surface area (Å²) in [4.78, 5) is 9.47. The van der Waals surface area contributed by atoms with Crippen LogP contribution in [0.25, 0.3) is 0 Å². The van der Waals surface area contributed by atoms with E-state index in [0.717, 1.165) is 52.2 Å². The van der Waals surface area contributed by atoms with Crippen molar-refractivity contribution in [3.05, 3.63) is 65.5 Å². The van der Waals surface area contributed by atoms with E-state index in [1.54, 1.807) is 0 Å². The second-order valence-electron chi connectivity index (χ2n) is 6.84. The molecule has 2 aromatic rings. The molecule has 4 rings (SSSR count). The molecule has 1 saturated heterocycles. The maximum Gasteiger partial charge on any atom is 0.0480 e. The second-order valence-corrected chi connectivity index (χ2v) is 6.84. The van der Waals surface area contributed by atoms with Crippen LogP contribution in [-0.4, -0.2) is 54.1 Å². The van der Waals surface area contributed by atoms with Gasteiger partial charge in [0.15, 0.2) is 0 Å². The summed E-state index contributed by atoms with van der Waals surface area (Å²) in [6.07, 6.45) is 5.01. The Hall–Kier alpha value is -1.75. The third-order valence-corrected chi connectivity index (χ3v) is 5.33. The third-order valence-electron chi connectivity index (χ3n) is 5.33. The molecule has 0 radical (unpaired) electrons. The topological polar surface area (TPSA) is 31.4 Å². The highest BCUT2D eigenvalue weighted by Crippen LogP contribution is 2.28. The smallest absolute Gasteiger partial charge is 0.0480 e. The van der Waals surface area contributed by atoms with Gasteiger partial charge in [0.1, 0.15) is 0 Å². The average Bonchev–Trinajstić information content (AvgIpc) is 2.67. The number of fused-ring (bicyclic) bond motifs is 1. The van der Waals surface area contributed by atoms with Crippen molar-refractivity contribution in [2.45, 2.75) is 19.0 Å². The summed E-state index contributed by atoms with van der Waals surface area (Å²) in [7, 11) is 0. The summed E-state index contributed by atoms with van der Waals surface area (Å²) < 4.78 is 0. The van der Waals surface area contributed by atoms with Crippen LogP contribution in [0.1, 0.15) is 22.7 Å². The molecule has 0 bridgehead atoms. The fourth-order valence-electron chi connectivity index (χ4n) is 3.94. The van der Waals surface area contributed by atoms with Crippen LogP contribution in [0.5, 0.6) is 0 Å². The first-order valence-electron chi connectivity index (χ1n) is 9.04. The van der Waals surface area contributed by atoms with E-state index in [1.165, 1.54) is 16.7 Å². The molecule has 4 heteroatoms. The van der Waals surface area contributed by atoms with Gasteiger partial charge in [0.2, 0.25) is 0 Å². The third kappa shape index (κ3) is 3.51. The summed E-state index contributed by atoms with van der Waals surface area (Å²) in [6, 6.07) is 13.7. The molecular weight excluding hydrogens is 296 g/mol. The summed E-state index contributed by atoms with van der Waals surface area (Å²) in [5.74, 6) is 0.